The molecule has 2 heterocycles. The van der Waals surface area contributed by atoms with Crippen LogP contribution in [0.1, 0.15) is 34.6 Å². The van der Waals surface area contributed by atoms with Crippen LogP contribution in [0.2, 0.25) is 0 Å². The van der Waals surface area contributed by atoms with E-state index in [9.17, 15) is 5.11 Å². The van der Waals surface area contributed by atoms with Gasteiger partial charge in [0, 0.05) is 11.8 Å². The van der Waals surface area contributed by atoms with Crippen molar-refractivity contribution in [3.63, 3.8) is 0 Å². The third kappa shape index (κ3) is 1.31. The van der Waals surface area contributed by atoms with Gasteiger partial charge in [-0.15, -0.1) is 0 Å². The Hall–Kier alpha value is -0.340. The first-order valence-electron chi connectivity index (χ1n) is 5.84. The first kappa shape index (κ1) is 11.2. The zero-order valence-corrected chi connectivity index (χ0v) is 10.3. The number of hydrogen-bond donors (Lipinski definition) is 1. The minimum Gasteiger partial charge on any atom is -0.389 e. The Morgan fingerprint density at radius 1 is 1.07 bits per heavy atom. The maximum Gasteiger partial charge on any atom is 0.0818 e. The van der Waals surface area contributed by atoms with Gasteiger partial charge in [-0.05, 0) is 5.41 Å². The Morgan fingerprint density at radius 2 is 1.47 bits per heavy atom. The van der Waals surface area contributed by atoms with E-state index in [0.29, 0.717) is 0 Å². The quantitative estimate of drug-likeness (QED) is 0.622. The largest absolute Gasteiger partial charge is 0.389 e. The second-order valence-corrected chi connectivity index (χ2v) is 6.10. The van der Waals surface area contributed by atoms with Gasteiger partial charge in [0.2, 0.25) is 0 Å². The van der Waals surface area contributed by atoms with E-state index in [2.05, 4.69) is 46.8 Å². The van der Waals surface area contributed by atoms with Crippen LogP contribution in [-0.2, 0) is 4.74 Å². The maximum absolute atomic E-state index is 11.0. The molecule has 2 aliphatic rings. The molecular formula is C13H22O2. The average molecular weight is 210 g/mol. The van der Waals surface area contributed by atoms with Crippen molar-refractivity contribution in [2.24, 2.45) is 17.3 Å². The molecule has 0 spiro atoms. The fraction of sp³-hybridized carbons (Fsp3) is 0.846. The van der Waals surface area contributed by atoms with Crippen LogP contribution in [0.25, 0.3) is 0 Å². The molecule has 1 N–H and O–H groups in total. The molecule has 2 rings (SSSR count). The molecule has 2 nitrogen and oxygen atoms in total. The van der Waals surface area contributed by atoms with Crippen LogP contribution in [0.3, 0.4) is 0 Å². The molecule has 0 amide bonds. The molecule has 0 aromatic rings. The lowest BCUT2D eigenvalue weighted by atomic mass is 9.60. The third-order valence-corrected chi connectivity index (χ3v) is 4.38. The lowest BCUT2D eigenvalue weighted by Crippen LogP contribution is -2.61. The van der Waals surface area contributed by atoms with Gasteiger partial charge < -0.3 is 9.84 Å². The van der Waals surface area contributed by atoms with Crippen molar-refractivity contribution < 1.29 is 9.84 Å². The van der Waals surface area contributed by atoms with Crippen LogP contribution < -0.4 is 0 Å². The molecule has 1 fully saturated rings. The van der Waals surface area contributed by atoms with Crippen molar-refractivity contribution in [1.82, 2.24) is 0 Å². The summed E-state index contributed by atoms with van der Waals surface area (Å²) >= 11 is 0. The standard InChI is InChI=1S/C13H22O2/c1-8-10-6-7-11(15-10)9(2)13(8,14)12(3,4)5/h6-11,14H,1-5H3/t8-,9+,10+,11-,13-. The minimum absolute atomic E-state index is 0.0930. The SMILES string of the molecule is C[C@@H]1[C@@H]2C=C[C@@H](O2)[C@H](C)[C@@]1(O)C(C)(C)C. The van der Waals surface area contributed by atoms with Gasteiger partial charge in [0.15, 0.2) is 0 Å². The monoisotopic (exact) mass is 210 g/mol. The summed E-state index contributed by atoms with van der Waals surface area (Å²) in [6.07, 6.45) is 4.40. The molecule has 0 unspecified atom stereocenters. The van der Waals surface area contributed by atoms with Gasteiger partial charge in [0.05, 0.1) is 17.8 Å². The zero-order valence-electron chi connectivity index (χ0n) is 10.3. The Balaban J connectivity index is 2.41. The lowest BCUT2D eigenvalue weighted by Gasteiger charge is -2.54. The minimum atomic E-state index is -0.649. The summed E-state index contributed by atoms with van der Waals surface area (Å²) in [7, 11) is 0. The predicted octanol–water partition coefficient (Wildman–Crippen LogP) is 2.37. The smallest absolute Gasteiger partial charge is 0.0818 e. The fourth-order valence-electron chi connectivity index (χ4n) is 3.34. The predicted molar refractivity (Wildman–Crippen MR) is 60.5 cm³/mol. The molecule has 2 bridgehead atoms. The molecule has 15 heavy (non-hydrogen) atoms. The molecule has 86 valence electrons. The highest BCUT2D eigenvalue weighted by atomic mass is 16.5. The van der Waals surface area contributed by atoms with Gasteiger partial charge >= 0.3 is 0 Å². The van der Waals surface area contributed by atoms with Crippen molar-refractivity contribution in [2.45, 2.75) is 52.4 Å². The van der Waals surface area contributed by atoms with E-state index in [1.165, 1.54) is 0 Å². The third-order valence-electron chi connectivity index (χ3n) is 4.38. The van der Waals surface area contributed by atoms with Crippen LogP contribution >= 0.6 is 0 Å². The number of aliphatic hydroxyl groups is 1. The number of rotatable bonds is 0. The molecule has 0 aromatic heterocycles. The van der Waals surface area contributed by atoms with Crippen molar-refractivity contribution >= 4 is 0 Å². The van der Waals surface area contributed by atoms with Crippen LogP contribution in [0.4, 0.5) is 0 Å². The van der Waals surface area contributed by atoms with E-state index in [1.807, 2.05) is 0 Å². The van der Waals surface area contributed by atoms with Gasteiger partial charge in [0.1, 0.15) is 0 Å². The van der Waals surface area contributed by atoms with E-state index >= 15 is 0 Å². The summed E-state index contributed by atoms with van der Waals surface area (Å²) in [6, 6.07) is 0. The topological polar surface area (TPSA) is 29.5 Å². The van der Waals surface area contributed by atoms with E-state index in [1.54, 1.807) is 0 Å². The van der Waals surface area contributed by atoms with Crippen LogP contribution in [0.5, 0.6) is 0 Å². The normalized spacial score (nSPS) is 49.7. The Labute approximate surface area is 92.3 Å². The van der Waals surface area contributed by atoms with Crippen molar-refractivity contribution in [1.29, 1.82) is 0 Å². The first-order valence-corrected chi connectivity index (χ1v) is 5.84. The summed E-state index contributed by atoms with van der Waals surface area (Å²) in [4.78, 5) is 0. The second-order valence-electron chi connectivity index (χ2n) is 6.10. The fourth-order valence-corrected chi connectivity index (χ4v) is 3.34. The molecule has 2 heteroatoms. The van der Waals surface area contributed by atoms with Gasteiger partial charge in [-0.1, -0.05) is 46.8 Å². The highest BCUT2D eigenvalue weighted by Crippen LogP contribution is 2.51. The number of fused-ring (bicyclic) bond motifs is 2. The molecule has 2 aliphatic heterocycles. The zero-order chi connectivity index (χ0) is 11.4. The maximum atomic E-state index is 11.0. The van der Waals surface area contributed by atoms with Gasteiger partial charge in [-0.2, -0.15) is 0 Å². The average Bonchev–Trinajstić information content (AvgIpc) is 2.56. The molecule has 0 aliphatic carbocycles. The molecule has 5 atom stereocenters. The van der Waals surface area contributed by atoms with E-state index in [4.69, 9.17) is 4.74 Å². The molecule has 0 saturated carbocycles. The summed E-state index contributed by atoms with van der Waals surface area (Å²) in [5.41, 5.74) is -0.762. The Kier molecular flexibility index (Phi) is 2.29. The van der Waals surface area contributed by atoms with Crippen LogP contribution in [-0.4, -0.2) is 22.9 Å². The van der Waals surface area contributed by atoms with Gasteiger partial charge in [-0.3, -0.25) is 0 Å². The first-order chi connectivity index (χ1) is 6.78. The summed E-state index contributed by atoms with van der Waals surface area (Å²) < 4.78 is 5.84. The Morgan fingerprint density at radius 3 is 1.80 bits per heavy atom. The molecular weight excluding hydrogens is 188 g/mol. The molecule has 1 saturated heterocycles. The second kappa shape index (κ2) is 3.08. The van der Waals surface area contributed by atoms with Crippen molar-refractivity contribution in [3.05, 3.63) is 12.2 Å². The van der Waals surface area contributed by atoms with E-state index < -0.39 is 5.60 Å². The van der Waals surface area contributed by atoms with Gasteiger partial charge in [-0.25, -0.2) is 0 Å². The Bertz CT molecular complexity index is 269. The lowest BCUT2D eigenvalue weighted by molar-refractivity contribution is -0.225. The van der Waals surface area contributed by atoms with E-state index in [0.717, 1.165) is 0 Å². The summed E-state index contributed by atoms with van der Waals surface area (Å²) in [6.45, 7) is 10.5. The van der Waals surface area contributed by atoms with Crippen LogP contribution in [0.15, 0.2) is 12.2 Å². The molecule has 0 aromatic carbocycles. The summed E-state index contributed by atoms with van der Waals surface area (Å²) in [5, 5.41) is 11.0. The number of hydrogen-bond acceptors (Lipinski definition) is 2. The highest BCUT2D eigenvalue weighted by Gasteiger charge is 2.57. The molecule has 0 radical (unpaired) electrons. The van der Waals surface area contributed by atoms with E-state index in [-0.39, 0.29) is 29.5 Å². The summed E-state index contributed by atoms with van der Waals surface area (Å²) in [5.74, 6) is 0.310. The van der Waals surface area contributed by atoms with Crippen molar-refractivity contribution in [2.75, 3.05) is 0 Å². The van der Waals surface area contributed by atoms with Crippen LogP contribution in [0, 0.1) is 17.3 Å². The van der Waals surface area contributed by atoms with Crippen molar-refractivity contribution in [3.8, 4) is 0 Å². The van der Waals surface area contributed by atoms with Gasteiger partial charge in [0.25, 0.3) is 0 Å². The highest BCUT2D eigenvalue weighted by molar-refractivity contribution is 5.18. The number of ether oxygens (including phenoxy) is 1.